The summed E-state index contributed by atoms with van der Waals surface area (Å²) < 4.78 is 10.3. The van der Waals surface area contributed by atoms with Crippen LogP contribution in [-0.2, 0) is 9.53 Å². The summed E-state index contributed by atoms with van der Waals surface area (Å²) in [5, 5.41) is 5.97. The second-order valence-electron chi connectivity index (χ2n) is 5.69. The zero-order valence-corrected chi connectivity index (χ0v) is 15.3. The van der Waals surface area contributed by atoms with E-state index in [-0.39, 0.29) is 18.3 Å². The number of hydrogen-bond acceptors (Lipinski definition) is 5. The zero-order valence-electron chi connectivity index (χ0n) is 15.3. The van der Waals surface area contributed by atoms with Crippen molar-refractivity contribution < 1.29 is 19.1 Å². The van der Waals surface area contributed by atoms with Gasteiger partial charge in [-0.1, -0.05) is 18.2 Å². The zero-order chi connectivity index (χ0) is 18.9. The fraction of sp³-hybridized carbons (Fsp3) is 0.300. The van der Waals surface area contributed by atoms with E-state index >= 15 is 0 Å². The van der Waals surface area contributed by atoms with Crippen molar-refractivity contribution in [3.8, 4) is 5.75 Å². The smallest absolute Gasteiger partial charge is 0.340 e. The molecule has 1 amide bonds. The first kappa shape index (κ1) is 19.3. The molecule has 0 heterocycles. The molecular weight excluding hydrogens is 332 g/mol. The van der Waals surface area contributed by atoms with Crippen LogP contribution in [0.15, 0.2) is 42.5 Å². The highest BCUT2D eigenvalue weighted by Crippen LogP contribution is 2.25. The number of hydrogen-bond donors (Lipinski definition) is 2. The van der Waals surface area contributed by atoms with E-state index in [1.165, 1.54) is 0 Å². The number of aryl methyl sites for hydroxylation is 1. The van der Waals surface area contributed by atoms with Crippen molar-refractivity contribution in [2.45, 2.75) is 20.3 Å². The van der Waals surface area contributed by atoms with Crippen LogP contribution in [0.4, 0.5) is 11.4 Å². The molecule has 6 nitrogen and oxygen atoms in total. The number of carbonyl (C=O) groups is 2. The van der Waals surface area contributed by atoms with Crippen molar-refractivity contribution >= 4 is 23.3 Å². The number of methoxy groups -OCH3 is 1. The molecule has 2 aromatic rings. The summed E-state index contributed by atoms with van der Waals surface area (Å²) in [5.74, 6) is 0.0872. The molecule has 0 fully saturated rings. The number of esters is 1. The number of anilines is 2. The molecule has 138 valence electrons. The monoisotopic (exact) mass is 356 g/mol. The Morgan fingerprint density at radius 3 is 2.58 bits per heavy atom. The second kappa shape index (κ2) is 9.46. The van der Waals surface area contributed by atoms with Crippen LogP contribution in [0.2, 0.25) is 0 Å². The number of carbonyl (C=O) groups excluding carboxylic acids is 2. The van der Waals surface area contributed by atoms with E-state index in [4.69, 9.17) is 9.47 Å². The van der Waals surface area contributed by atoms with Crippen molar-refractivity contribution in [3.63, 3.8) is 0 Å². The molecule has 0 aromatic heterocycles. The van der Waals surface area contributed by atoms with Crippen LogP contribution in [0.3, 0.4) is 0 Å². The molecule has 2 N–H and O–H groups in total. The van der Waals surface area contributed by atoms with E-state index < -0.39 is 0 Å². The number of ether oxygens (including phenoxy) is 2. The molecule has 0 aliphatic carbocycles. The normalized spacial score (nSPS) is 10.1. The third-order valence-corrected chi connectivity index (χ3v) is 3.72. The predicted molar refractivity (Wildman–Crippen MR) is 102 cm³/mol. The average Bonchev–Trinajstić information content (AvgIpc) is 2.62. The van der Waals surface area contributed by atoms with Gasteiger partial charge in [-0.3, -0.25) is 4.79 Å². The molecule has 0 aliphatic rings. The van der Waals surface area contributed by atoms with Gasteiger partial charge in [0.15, 0.2) is 0 Å². The van der Waals surface area contributed by atoms with Crippen LogP contribution >= 0.6 is 0 Å². The minimum absolute atomic E-state index is 0.144. The fourth-order valence-electron chi connectivity index (χ4n) is 2.47. The summed E-state index contributed by atoms with van der Waals surface area (Å²) in [6, 6.07) is 12.7. The first-order valence-electron chi connectivity index (χ1n) is 8.49. The minimum Gasteiger partial charge on any atom is -0.495 e. The van der Waals surface area contributed by atoms with Gasteiger partial charge in [-0.25, -0.2) is 4.79 Å². The van der Waals surface area contributed by atoms with E-state index in [9.17, 15) is 9.59 Å². The molecule has 26 heavy (non-hydrogen) atoms. The van der Waals surface area contributed by atoms with Gasteiger partial charge in [-0.2, -0.15) is 0 Å². The number of nitrogens with one attached hydrogen (secondary N) is 2. The maximum Gasteiger partial charge on any atom is 0.340 e. The van der Waals surface area contributed by atoms with Gasteiger partial charge in [0.05, 0.1) is 25.0 Å². The molecule has 0 aliphatic heterocycles. The van der Waals surface area contributed by atoms with E-state index in [0.717, 1.165) is 5.56 Å². The van der Waals surface area contributed by atoms with E-state index in [1.54, 1.807) is 32.2 Å². The lowest BCUT2D eigenvalue weighted by atomic mass is 10.1. The van der Waals surface area contributed by atoms with Gasteiger partial charge in [0.1, 0.15) is 5.75 Å². The van der Waals surface area contributed by atoms with E-state index in [2.05, 4.69) is 10.6 Å². The summed E-state index contributed by atoms with van der Waals surface area (Å²) in [5.41, 5.74) is 2.77. The molecule has 0 saturated heterocycles. The SMILES string of the molecule is CCOC(=O)c1ccccc1NCCC(=O)Nc1cc(C)ccc1OC. The van der Waals surface area contributed by atoms with E-state index in [1.807, 2.05) is 31.2 Å². The van der Waals surface area contributed by atoms with Gasteiger partial charge in [0.2, 0.25) is 5.91 Å². The highest BCUT2D eigenvalue weighted by Gasteiger charge is 2.12. The molecule has 6 heteroatoms. The van der Waals surface area contributed by atoms with Crippen LogP contribution < -0.4 is 15.4 Å². The largest absolute Gasteiger partial charge is 0.495 e. The topological polar surface area (TPSA) is 76.7 Å². The Balaban J connectivity index is 1.93. The highest BCUT2D eigenvalue weighted by molar-refractivity contribution is 5.96. The lowest BCUT2D eigenvalue weighted by molar-refractivity contribution is -0.116. The molecule has 0 radical (unpaired) electrons. The molecule has 0 saturated carbocycles. The first-order chi connectivity index (χ1) is 12.5. The van der Waals surface area contributed by atoms with Crippen molar-refractivity contribution in [3.05, 3.63) is 53.6 Å². The summed E-state index contributed by atoms with van der Waals surface area (Å²) >= 11 is 0. The second-order valence-corrected chi connectivity index (χ2v) is 5.69. The van der Waals surface area contributed by atoms with Crippen LogP contribution in [-0.4, -0.2) is 32.1 Å². The van der Waals surface area contributed by atoms with Crippen LogP contribution in [0.1, 0.15) is 29.3 Å². The summed E-state index contributed by atoms with van der Waals surface area (Å²) in [7, 11) is 1.56. The van der Waals surface area contributed by atoms with Gasteiger partial charge in [0, 0.05) is 18.7 Å². The summed E-state index contributed by atoms with van der Waals surface area (Å²) in [4.78, 5) is 24.2. The van der Waals surface area contributed by atoms with Crippen molar-refractivity contribution in [2.24, 2.45) is 0 Å². The van der Waals surface area contributed by atoms with Crippen LogP contribution in [0.25, 0.3) is 0 Å². The fourth-order valence-corrected chi connectivity index (χ4v) is 2.47. The maximum atomic E-state index is 12.2. The van der Waals surface area contributed by atoms with Crippen molar-refractivity contribution in [1.29, 1.82) is 0 Å². The highest BCUT2D eigenvalue weighted by atomic mass is 16.5. The lowest BCUT2D eigenvalue weighted by Crippen LogP contribution is -2.18. The average molecular weight is 356 g/mol. The lowest BCUT2D eigenvalue weighted by Gasteiger charge is -2.13. The quantitative estimate of drug-likeness (QED) is 0.707. The first-order valence-corrected chi connectivity index (χ1v) is 8.49. The minimum atomic E-state index is -0.385. The third kappa shape index (κ3) is 5.24. The number of benzene rings is 2. The Hall–Kier alpha value is -3.02. The predicted octanol–water partition coefficient (Wildman–Crippen LogP) is 3.62. The molecule has 0 atom stereocenters. The Morgan fingerprint density at radius 1 is 1.08 bits per heavy atom. The van der Waals surface area contributed by atoms with Gasteiger partial charge in [0.25, 0.3) is 0 Å². The van der Waals surface area contributed by atoms with Crippen molar-refractivity contribution in [2.75, 3.05) is 30.9 Å². The van der Waals surface area contributed by atoms with Gasteiger partial charge in [-0.05, 0) is 43.7 Å². The summed E-state index contributed by atoms with van der Waals surface area (Å²) in [6.45, 7) is 4.41. The standard InChI is InChI=1S/C20H24N2O4/c1-4-26-20(24)15-7-5-6-8-16(15)21-12-11-19(23)22-17-13-14(2)9-10-18(17)25-3/h5-10,13,21H,4,11-12H2,1-3H3,(H,22,23). The number of rotatable bonds is 8. The van der Waals surface area contributed by atoms with Gasteiger partial charge < -0.3 is 20.1 Å². The van der Waals surface area contributed by atoms with Gasteiger partial charge >= 0.3 is 5.97 Å². The molecule has 2 rings (SSSR count). The maximum absolute atomic E-state index is 12.2. The molecule has 2 aromatic carbocycles. The van der Waals surface area contributed by atoms with Crippen LogP contribution in [0, 0.1) is 6.92 Å². The molecule has 0 unspecified atom stereocenters. The Kier molecular flexibility index (Phi) is 7.02. The third-order valence-electron chi connectivity index (χ3n) is 3.72. The van der Waals surface area contributed by atoms with E-state index in [0.29, 0.717) is 35.8 Å². The Labute approximate surface area is 153 Å². The Bertz CT molecular complexity index is 774. The molecular formula is C20H24N2O4. The molecule has 0 bridgehead atoms. The van der Waals surface area contributed by atoms with Crippen LogP contribution in [0.5, 0.6) is 5.75 Å². The number of para-hydroxylation sites is 1. The van der Waals surface area contributed by atoms with Gasteiger partial charge in [-0.15, -0.1) is 0 Å². The molecule has 0 spiro atoms. The summed E-state index contributed by atoms with van der Waals surface area (Å²) in [6.07, 6.45) is 0.244. The Morgan fingerprint density at radius 2 is 1.85 bits per heavy atom. The van der Waals surface area contributed by atoms with Crippen molar-refractivity contribution in [1.82, 2.24) is 0 Å². The number of amides is 1.